The van der Waals surface area contributed by atoms with Crippen LogP contribution in [0.1, 0.15) is 17.4 Å². The molecular formula is C10H11F2NO. The number of hydrogen-bond acceptors (Lipinski definition) is 2. The van der Waals surface area contributed by atoms with Crippen LogP contribution in [0.25, 0.3) is 0 Å². The number of halogens is 2. The summed E-state index contributed by atoms with van der Waals surface area (Å²) in [5.41, 5.74) is 1.90. The molecule has 1 heterocycles. The lowest BCUT2D eigenvalue weighted by atomic mass is 10.00. The first kappa shape index (κ1) is 9.55. The molecule has 0 aliphatic carbocycles. The first-order valence-corrected chi connectivity index (χ1v) is 4.52. The number of ether oxygens (including phenoxy) is 1. The third-order valence-corrected chi connectivity index (χ3v) is 2.30. The molecule has 0 fully saturated rings. The van der Waals surface area contributed by atoms with Crippen LogP contribution in [0.4, 0.5) is 8.78 Å². The fourth-order valence-electron chi connectivity index (χ4n) is 1.69. The van der Waals surface area contributed by atoms with Crippen molar-refractivity contribution in [3.05, 3.63) is 35.4 Å². The van der Waals surface area contributed by atoms with Gasteiger partial charge in [-0.25, -0.2) is 0 Å². The molecule has 2 nitrogen and oxygen atoms in total. The third-order valence-electron chi connectivity index (χ3n) is 2.30. The first-order valence-electron chi connectivity index (χ1n) is 4.52. The molecule has 1 unspecified atom stereocenters. The van der Waals surface area contributed by atoms with E-state index < -0.39 is 12.8 Å². The van der Waals surface area contributed by atoms with Gasteiger partial charge in [-0.15, -0.1) is 0 Å². The molecule has 0 radical (unpaired) electrons. The van der Waals surface area contributed by atoms with Crippen LogP contribution in [0.5, 0.6) is 0 Å². The third kappa shape index (κ3) is 1.91. The summed E-state index contributed by atoms with van der Waals surface area (Å²) >= 11 is 0. The minimum absolute atomic E-state index is 0.667. The molecule has 1 aliphatic rings. The molecule has 0 saturated carbocycles. The molecule has 0 aromatic heterocycles. The average Bonchev–Trinajstić information content (AvgIpc) is 2.18. The molecule has 1 atom stereocenters. The molecule has 4 heteroatoms. The van der Waals surface area contributed by atoms with E-state index in [1.54, 1.807) is 0 Å². The molecule has 1 aromatic carbocycles. The molecule has 2 rings (SSSR count). The Bertz CT molecular complexity index is 317. The van der Waals surface area contributed by atoms with Gasteiger partial charge < -0.3 is 0 Å². The smallest absolute Gasteiger partial charge is 0.300 e. The highest BCUT2D eigenvalue weighted by atomic mass is 19.3. The Kier molecular flexibility index (Phi) is 2.74. The minimum atomic E-state index is -2.74. The summed E-state index contributed by atoms with van der Waals surface area (Å²) in [4.78, 5) is 0. The molecule has 1 N–H and O–H groups in total. The summed E-state index contributed by atoms with van der Waals surface area (Å²) < 4.78 is 28.6. The van der Waals surface area contributed by atoms with E-state index in [0.717, 1.165) is 17.5 Å². The normalized spacial score (nSPS) is 20.9. The molecule has 14 heavy (non-hydrogen) atoms. The number of rotatable bonds is 2. The van der Waals surface area contributed by atoms with E-state index in [-0.39, 0.29) is 0 Å². The van der Waals surface area contributed by atoms with Crippen molar-refractivity contribution < 1.29 is 13.5 Å². The Hall–Kier alpha value is -1.00. The Balaban J connectivity index is 2.22. The van der Waals surface area contributed by atoms with Crippen molar-refractivity contribution >= 4 is 0 Å². The summed E-state index contributed by atoms with van der Waals surface area (Å²) in [6.07, 6.45) is 0.194. The summed E-state index contributed by atoms with van der Waals surface area (Å²) in [5.74, 6) is 0. The van der Waals surface area contributed by atoms with Crippen molar-refractivity contribution in [1.82, 2.24) is 5.32 Å². The van der Waals surface area contributed by atoms with Gasteiger partial charge in [-0.2, -0.15) is 8.78 Å². The molecule has 1 aliphatic heterocycles. The Labute approximate surface area is 80.9 Å². The lowest BCUT2D eigenvalue weighted by Crippen LogP contribution is -2.32. The van der Waals surface area contributed by atoms with E-state index in [1.807, 2.05) is 24.3 Å². The second kappa shape index (κ2) is 4.02. The highest BCUT2D eigenvalue weighted by Gasteiger charge is 2.22. The van der Waals surface area contributed by atoms with Crippen molar-refractivity contribution in [3.8, 4) is 0 Å². The zero-order valence-corrected chi connectivity index (χ0v) is 7.54. The molecule has 0 spiro atoms. The van der Waals surface area contributed by atoms with Gasteiger partial charge in [0, 0.05) is 6.54 Å². The highest BCUT2D eigenvalue weighted by Crippen LogP contribution is 2.24. The van der Waals surface area contributed by atoms with Crippen LogP contribution >= 0.6 is 0 Å². The van der Waals surface area contributed by atoms with Gasteiger partial charge in [-0.3, -0.25) is 10.1 Å². The van der Waals surface area contributed by atoms with Crippen LogP contribution in [-0.4, -0.2) is 13.2 Å². The van der Waals surface area contributed by atoms with Crippen LogP contribution < -0.4 is 5.32 Å². The van der Waals surface area contributed by atoms with Gasteiger partial charge in [-0.1, -0.05) is 24.3 Å². The van der Waals surface area contributed by atoms with Gasteiger partial charge >= 0.3 is 6.61 Å². The summed E-state index contributed by atoms with van der Waals surface area (Å²) in [6, 6.07) is 7.49. The van der Waals surface area contributed by atoms with Crippen molar-refractivity contribution in [3.63, 3.8) is 0 Å². The lowest BCUT2D eigenvalue weighted by molar-refractivity contribution is -0.174. The first-order chi connectivity index (χ1) is 6.77. The minimum Gasteiger partial charge on any atom is -0.300 e. The summed E-state index contributed by atoms with van der Waals surface area (Å²) in [5, 5.41) is 2.90. The largest absolute Gasteiger partial charge is 0.347 e. The van der Waals surface area contributed by atoms with Gasteiger partial charge in [0.2, 0.25) is 0 Å². The van der Waals surface area contributed by atoms with Crippen molar-refractivity contribution in [2.75, 3.05) is 6.54 Å². The van der Waals surface area contributed by atoms with Crippen LogP contribution in [0.15, 0.2) is 24.3 Å². The predicted molar refractivity (Wildman–Crippen MR) is 48.0 cm³/mol. The monoisotopic (exact) mass is 199 g/mol. The quantitative estimate of drug-likeness (QED) is 0.787. The summed E-state index contributed by atoms with van der Waals surface area (Å²) in [6.45, 7) is -2.06. The number of hydrogen-bond donors (Lipinski definition) is 1. The maximum atomic E-state index is 12.1. The fraction of sp³-hybridized carbons (Fsp3) is 0.400. The van der Waals surface area contributed by atoms with Crippen LogP contribution in [0.2, 0.25) is 0 Å². The number of fused-ring (bicyclic) bond motifs is 1. The second-order valence-corrected chi connectivity index (χ2v) is 3.18. The van der Waals surface area contributed by atoms with Gasteiger partial charge in [-0.05, 0) is 17.5 Å². The Morgan fingerprint density at radius 1 is 1.36 bits per heavy atom. The fourth-order valence-corrected chi connectivity index (χ4v) is 1.69. The molecule has 0 bridgehead atoms. The van der Waals surface area contributed by atoms with Crippen LogP contribution in [0.3, 0.4) is 0 Å². The van der Waals surface area contributed by atoms with E-state index in [2.05, 4.69) is 10.1 Å². The predicted octanol–water partition coefficient (Wildman–Crippen LogP) is 2.07. The van der Waals surface area contributed by atoms with E-state index in [0.29, 0.717) is 6.54 Å². The lowest BCUT2D eigenvalue weighted by Gasteiger charge is -2.26. The maximum absolute atomic E-state index is 12.1. The van der Waals surface area contributed by atoms with Gasteiger partial charge in [0.05, 0.1) is 0 Å². The summed E-state index contributed by atoms with van der Waals surface area (Å²) in [7, 11) is 0. The van der Waals surface area contributed by atoms with Gasteiger partial charge in [0.25, 0.3) is 0 Å². The second-order valence-electron chi connectivity index (χ2n) is 3.18. The molecule has 0 saturated heterocycles. The maximum Gasteiger partial charge on any atom is 0.347 e. The number of nitrogens with one attached hydrogen (secondary N) is 1. The molecular weight excluding hydrogens is 188 g/mol. The molecule has 0 amide bonds. The van der Waals surface area contributed by atoms with E-state index in [4.69, 9.17) is 0 Å². The highest BCUT2D eigenvalue weighted by molar-refractivity contribution is 5.30. The topological polar surface area (TPSA) is 21.3 Å². The van der Waals surface area contributed by atoms with Crippen LogP contribution in [-0.2, 0) is 11.2 Å². The SMILES string of the molecule is FC(F)OC1NCCc2ccccc21. The molecule has 76 valence electrons. The van der Waals surface area contributed by atoms with E-state index in [9.17, 15) is 8.78 Å². The Morgan fingerprint density at radius 3 is 2.93 bits per heavy atom. The number of alkyl halides is 2. The van der Waals surface area contributed by atoms with Crippen molar-refractivity contribution in [2.24, 2.45) is 0 Å². The van der Waals surface area contributed by atoms with Crippen molar-refractivity contribution in [1.29, 1.82) is 0 Å². The Morgan fingerprint density at radius 2 is 2.14 bits per heavy atom. The van der Waals surface area contributed by atoms with Gasteiger partial charge in [0.1, 0.15) is 6.23 Å². The van der Waals surface area contributed by atoms with E-state index in [1.165, 1.54) is 0 Å². The van der Waals surface area contributed by atoms with Crippen LogP contribution in [0, 0.1) is 0 Å². The van der Waals surface area contributed by atoms with Gasteiger partial charge in [0.15, 0.2) is 0 Å². The molecule has 1 aromatic rings. The number of benzene rings is 1. The zero-order valence-electron chi connectivity index (χ0n) is 7.54. The standard InChI is InChI=1S/C10H11F2NO/c11-10(12)14-9-8-4-2-1-3-7(8)5-6-13-9/h1-4,9-10,13H,5-6H2. The van der Waals surface area contributed by atoms with Crippen molar-refractivity contribution in [2.45, 2.75) is 19.3 Å². The van der Waals surface area contributed by atoms with E-state index >= 15 is 0 Å². The zero-order chi connectivity index (χ0) is 9.97. The average molecular weight is 199 g/mol.